The fourth-order valence-corrected chi connectivity index (χ4v) is 3.97. The summed E-state index contributed by atoms with van der Waals surface area (Å²) in [5, 5.41) is 5.27. The quantitative estimate of drug-likeness (QED) is 0.498. The van der Waals surface area contributed by atoms with Crippen LogP contribution < -0.4 is 20.1 Å². The monoisotopic (exact) mass is 482 g/mol. The number of carbonyl (C=O) groups excluding carboxylic acids is 4. The van der Waals surface area contributed by atoms with Crippen LogP contribution in [0, 0.1) is 0 Å². The first-order valence-corrected chi connectivity index (χ1v) is 11.2. The second-order valence-electron chi connectivity index (χ2n) is 8.23. The Morgan fingerprint density at radius 1 is 1.06 bits per heavy atom. The lowest BCUT2D eigenvalue weighted by Gasteiger charge is -2.27. The zero-order valence-electron chi connectivity index (χ0n) is 20.5. The van der Waals surface area contributed by atoms with Crippen LogP contribution in [0.1, 0.15) is 45.7 Å². The van der Waals surface area contributed by atoms with Gasteiger partial charge in [-0.05, 0) is 50.8 Å². The molecule has 1 atom stereocenters. The van der Waals surface area contributed by atoms with Gasteiger partial charge in [-0.15, -0.1) is 0 Å². The van der Waals surface area contributed by atoms with Crippen LogP contribution in [0.3, 0.4) is 0 Å². The molecule has 2 N–H and O–H groups in total. The van der Waals surface area contributed by atoms with Gasteiger partial charge in [0.1, 0.15) is 0 Å². The zero-order chi connectivity index (χ0) is 25.7. The van der Waals surface area contributed by atoms with Crippen molar-refractivity contribution in [2.75, 3.05) is 46.7 Å². The Morgan fingerprint density at radius 3 is 2.43 bits per heavy atom. The van der Waals surface area contributed by atoms with Gasteiger partial charge in [0, 0.05) is 7.05 Å². The molecule has 0 spiro atoms. The van der Waals surface area contributed by atoms with Gasteiger partial charge in [0.05, 0.1) is 49.5 Å². The van der Waals surface area contributed by atoms with Crippen LogP contribution in [0.2, 0.25) is 0 Å². The van der Waals surface area contributed by atoms with Gasteiger partial charge in [0.25, 0.3) is 11.8 Å². The third-order valence-electron chi connectivity index (χ3n) is 5.52. The highest BCUT2D eigenvalue weighted by Crippen LogP contribution is 2.39. The van der Waals surface area contributed by atoms with E-state index in [-0.39, 0.29) is 41.6 Å². The summed E-state index contributed by atoms with van der Waals surface area (Å²) in [5.41, 5.74) is 1.05. The lowest BCUT2D eigenvalue weighted by Crippen LogP contribution is -2.37. The Labute approximate surface area is 204 Å². The van der Waals surface area contributed by atoms with Crippen LogP contribution in [0.4, 0.5) is 5.69 Å². The van der Waals surface area contributed by atoms with Crippen molar-refractivity contribution in [3.8, 4) is 11.5 Å². The first-order valence-electron chi connectivity index (χ1n) is 11.2. The molecule has 1 heterocycles. The molecule has 0 aliphatic carbocycles. The topological polar surface area (TPSA) is 117 Å². The van der Waals surface area contributed by atoms with Gasteiger partial charge < -0.3 is 25.0 Å². The van der Waals surface area contributed by atoms with E-state index < -0.39 is 17.9 Å². The molecule has 186 valence electrons. The maximum Gasteiger partial charge on any atom is 0.264 e. The summed E-state index contributed by atoms with van der Waals surface area (Å²) < 4.78 is 11.0. The molecule has 0 bridgehead atoms. The minimum absolute atomic E-state index is 0.102. The number of likely N-dealkylation sites (N-methyl/N-ethyl adjacent to an activating group) is 1. The second kappa shape index (κ2) is 11.0. The Bertz CT molecular complexity index is 1150. The van der Waals surface area contributed by atoms with E-state index in [4.69, 9.17) is 9.47 Å². The van der Waals surface area contributed by atoms with E-state index in [1.54, 1.807) is 49.3 Å². The summed E-state index contributed by atoms with van der Waals surface area (Å²) in [6.45, 7) is 2.31. The fraction of sp³-hybridized carbons (Fsp3) is 0.360. The highest BCUT2D eigenvalue weighted by atomic mass is 16.5. The first-order chi connectivity index (χ1) is 16.7. The van der Waals surface area contributed by atoms with Crippen LogP contribution in [0.5, 0.6) is 11.5 Å². The summed E-state index contributed by atoms with van der Waals surface area (Å²) in [5.74, 6) is -0.879. The van der Waals surface area contributed by atoms with Gasteiger partial charge in [-0.2, -0.15) is 0 Å². The number of anilines is 1. The van der Waals surface area contributed by atoms with Crippen molar-refractivity contribution in [1.82, 2.24) is 15.1 Å². The largest absolute Gasteiger partial charge is 0.493 e. The number of ether oxygens (including phenoxy) is 2. The van der Waals surface area contributed by atoms with Crippen molar-refractivity contribution in [2.45, 2.75) is 19.4 Å². The van der Waals surface area contributed by atoms with Crippen molar-refractivity contribution < 1.29 is 28.7 Å². The summed E-state index contributed by atoms with van der Waals surface area (Å²) in [6.07, 6.45) is -0.151. The summed E-state index contributed by atoms with van der Waals surface area (Å²) in [7, 11) is 6.50. The number of hydrogen-bond acceptors (Lipinski definition) is 7. The van der Waals surface area contributed by atoms with Crippen LogP contribution >= 0.6 is 0 Å². The van der Waals surface area contributed by atoms with E-state index in [0.29, 0.717) is 23.7 Å². The van der Waals surface area contributed by atoms with E-state index in [0.717, 1.165) is 4.90 Å². The molecule has 1 aliphatic heterocycles. The highest BCUT2D eigenvalue weighted by molar-refractivity contribution is 6.24. The lowest BCUT2D eigenvalue weighted by atomic mass is 10.0. The number of hydrogen-bond donors (Lipinski definition) is 2. The van der Waals surface area contributed by atoms with Crippen molar-refractivity contribution in [2.24, 2.45) is 0 Å². The number of fused-ring (bicyclic) bond motifs is 1. The molecule has 35 heavy (non-hydrogen) atoms. The molecule has 2 aromatic rings. The van der Waals surface area contributed by atoms with E-state index >= 15 is 0 Å². The molecule has 3 rings (SSSR count). The third-order valence-corrected chi connectivity index (χ3v) is 5.52. The van der Waals surface area contributed by atoms with Crippen molar-refractivity contribution >= 4 is 29.3 Å². The Balaban J connectivity index is 2.05. The lowest BCUT2D eigenvalue weighted by molar-refractivity contribution is -0.121. The molecule has 0 saturated heterocycles. The molecule has 0 saturated carbocycles. The van der Waals surface area contributed by atoms with Gasteiger partial charge in [0.2, 0.25) is 11.8 Å². The SMILES string of the molecule is CCOc1cc([C@@H](CC(=O)NC)N2C(=O)c3cccc(NC(=O)CN(C)C)c3C2=O)ccc1OC. The van der Waals surface area contributed by atoms with E-state index in [2.05, 4.69) is 10.6 Å². The van der Waals surface area contributed by atoms with Crippen LogP contribution in [-0.4, -0.2) is 74.8 Å². The number of amides is 4. The summed E-state index contributed by atoms with van der Waals surface area (Å²) in [4.78, 5) is 54.6. The molecule has 4 amide bonds. The third kappa shape index (κ3) is 5.43. The standard InChI is InChI=1S/C25H30N4O6/c1-6-35-20-12-15(10-11-19(20)34-5)18(13-21(30)26-2)29-24(32)16-8-7-9-17(23(16)25(29)33)27-22(31)14-28(3)4/h7-12,18H,6,13-14H2,1-5H3,(H,26,30)(H,27,31)/t18-/m1/s1. The zero-order valence-corrected chi connectivity index (χ0v) is 20.5. The van der Waals surface area contributed by atoms with E-state index in [1.807, 2.05) is 6.92 Å². The molecule has 2 aromatic carbocycles. The second-order valence-corrected chi connectivity index (χ2v) is 8.23. The van der Waals surface area contributed by atoms with Gasteiger partial charge >= 0.3 is 0 Å². The van der Waals surface area contributed by atoms with Crippen molar-refractivity contribution in [3.05, 3.63) is 53.1 Å². The molecule has 10 nitrogen and oxygen atoms in total. The number of benzene rings is 2. The average molecular weight is 483 g/mol. The number of carbonyl (C=O) groups is 4. The van der Waals surface area contributed by atoms with Gasteiger partial charge in [-0.25, -0.2) is 0 Å². The Hall–Kier alpha value is -3.92. The van der Waals surface area contributed by atoms with Crippen molar-refractivity contribution in [3.63, 3.8) is 0 Å². The number of nitrogens with one attached hydrogen (secondary N) is 2. The minimum Gasteiger partial charge on any atom is -0.493 e. The Morgan fingerprint density at radius 2 is 1.80 bits per heavy atom. The molecular formula is C25H30N4O6. The molecule has 10 heteroatoms. The predicted octanol–water partition coefficient (Wildman–Crippen LogP) is 2.07. The van der Waals surface area contributed by atoms with Crippen LogP contribution in [0.25, 0.3) is 0 Å². The molecule has 0 fully saturated rings. The molecule has 0 radical (unpaired) electrons. The molecule has 1 aliphatic rings. The molecular weight excluding hydrogens is 452 g/mol. The smallest absolute Gasteiger partial charge is 0.264 e. The van der Waals surface area contributed by atoms with Gasteiger partial charge in [-0.3, -0.25) is 24.1 Å². The van der Waals surface area contributed by atoms with E-state index in [1.165, 1.54) is 20.2 Å². The van der Waals surface area contributed by atoms with Crippen LogP contribution in [-0.2, 0) is 9.59 Å². The summed E-state index contributed by atoms with van der Waals surface area (Å²) in [6, 6.07) is 8.84. The maximum absolute atomic E-state index is 13.6. The minimum atomic E-state index is -0.905. The molecule has 0 aromatic heterocycles. The highest BCUT2D eigenvalue weighted by Gasteiger charge is 2.43. The number of rotatable bonds is 10. The number of nitrogens with zero attached hydrogens (tertiary/aromatic N) is 2. The number of methoxy groups -OCH3 is 1. The van der Waals surface area contributed by atoms with Crippen LogP contribution in [0.15, 0.2) is 36.4 Å². The summed E-state index contributed by atoms with van der Waals surface area (Å²) >= 11 is 0. The fourth-order valence-electron chi connectivity index (χ4n) is 3.97. The normalized spacial score (nSPS) is 13.5. The first kappa shape index (κ1) is 25.7. The van der Waals surface area contributed by atoms with Gasteiger partial charge in [-0.1, -0.05) is 12.1 Å². The maximum atomic E-state index is 13.6. The van der Waals surface area contributed by atoms with Gasteiger partial charge in [0.15, 0.2) is 11.5 Å². The number of imide groups is 1. The Kier molecular flexibility index (Phi) is 8.08. The average Bonchev–Trinajstić information content (AvgIpc) is 3.07. The van der Waals surface area contributed by atoms with Crippen molar-refractivity contribution in [1.29, 1.82) is 0 Å². The van der Waals surface area contributed by atoms with E-state index in [9.17, 15) is 19.2 Å². The predicted molar refractivity (Wildman–Crippen MR) is 130 cm³/mol. The molecule has 0 unspecified atom stereocenters.